The molecule has 2 aliphatic rings. The first-order valence-corrected chi connectivity index (χ1v) is 3.93. The predicted octanol–water partition coefficient (Wildman–Crippen LogP) is -1.80. The molecule has 0 aromatic rings. The van der Waals surface area contributed by atoms with E-state index in [0.29, 0.717) is 12.8 Å². The first-order chi connectivity index (χ1) is 5.18. The summed E-state index contributed by atoms with van der Waals surface area (Å²) in [5.74, 6) is 0. The second-order valence-electron chi connectivity index (χ2n) is 3.59. The molecule has 2 bridgehead atoms. The van der Waals surface area contributed by atoms with Gasteiger partial charge in [0, 0.05) is 6.04 Å². The number of aliphatic hydroxyl groups is 3. The maximum Gasteiger partial charge on any atom is 0.0761 e. The second-order valence-corrected chi connectivity index (χ2v) is 3.59. The second kappa shape index (κ2) is 2.17. The number of hydrogen-bond donors (Lipinski definition) is 4. The van der Waals surface area contributed by atoms with Crippen LogP contribution < -0.4 is 5.32 Å². The highest BCUT2D eigenvalue weighted by Crippen LogP contribution is 2.37. The Morgan fingerprint density at radius 2 is 2.18 bits per heavy atom. The zero-order chi connectivity index (χ0) is 8.06. The fraction of sp³-hybridized carbons (Fsp3) is 1.00. The fourth-order valence-corrected chi connectivity index (χ4v) is 2.17. The molecule has 4 nitrogen and oxygen atoms in total. The van der Waals surface area contributed by atoms with Gasteiger partial charge in [-0.05, 0) is 12.8 Å². The van der Waals surface area contributed by atoms with Gasteiger partial charge < -0.3 is 20.6 Å². The molecule has 11 heavy (non-hydrogen) atoms. The van der Waals surface area contributed by atoms with Crippen molar-refractivity contribution in [3.05, 3.63) is 0 Å². The van der Waals surface area contributed by atoms with E-state index in [9.17, 15) is 10.2 Å². The van der Waals surface area contributed by atoms with Gasteiger partial charge in [-0.25, -0.2) is 0 Å². The maximum absolute atomic E-state index is 9.45. The summed E-state index contributed by atoms with van der Waals surface area (Å²) >= 11 is 0. The summed E-state index contributed by atoms with van der Waals surface area (Å²) in [7, 11) is 0. The third kappa shape index (κ3) is 0.840. The summed E-state index contributed by atoms with van der Waals surface area (Å²) in [6.45, 7) is -0.0955. The van der Waals surface area contributed by atoms with Crippen LogP contribution in [0, 0.1) is 0 Å². The molecule has 4 N–H and O–H groups in total. The van der Waals surface area contributed by atoms with Crippen molar-refractivity contribution in [1.82, 2.24) is 5.32 Å². The van der Waals surface area contributed by atoms with Crippen LogP contribution in [-0.4, -0.2) is 45.7 Å². The van der Waals surface area contributed by atoms with E-state index in [1.807, 2.05) is 0 Å². The van der Waals surface area contributed by atoms with Gasteiger partial charge in [-0.1, -0.05) is 0 Å². The number of rotatable bonds is 1. The lowest BCUT2D eigenvalue weighted by Gasteiger charge is -2.29. The Morgan fingerprint density at radius 3 is 2.55 bits per heavy atom. The quantitative estimate of drug-likeness (QED) is 0.364. The van der Waals surface area contributed by atoms with Crippen LogP contribution >= 0.6 is 0 Å². The standard InChI is InChI=1S/C7H13NO3/c9-3-7-2-5(10)4(8-7)1-6(7)11/h4-6,8-11H,1-3H2/t4?,5-,6-,7-/m0/s1. The molecule has 0 aromatic heterocycles. The van der Waals surface area contributed by atoms with Crippen LogP contribution in [0.1, 0.15) is 12.8 Å². The van der Waals surface area contributed by atoms with Crippen LogP contribution in [0.25, 0.3) is 0 Å². The average Bonchev–Trinajstić information content (AvgIpc) is 2.43. The van der Waals surface area contributed by atoms with Crippen LogP contribution in [0.3, 0.4) is 0 Å². The minimum atomic E-state index is -0.607. The molecule has 0 aromatic carbocycles. The van der Waals surface area contributed by atoms with Crippen molar-refractivity contribution in [3.8, 4) is 0 Å². The molecule has 0 spiro atoms. The highest BCUT2D eigenvalue weighted by atomic mass is 16.3. The van der Waals surface area contributed by atoms with Gasteiger partial charge in [-0.15, -0.1) is 0 Å². The lowest BCUT2D eigenvalue weighted by atomic mass is 9.84. The third-order valence-electron chi connectivity index (χ3n) is 2.91. The smallest absolute Gasteiger partial charge is 0.0761 e. The Hall–Kier alpha value is -0.160. The van der Waals surface area contributed by atoms with Gasteiger partial charge in [-0.3, -0.25) is 0 Å². The molecule has 4 atom stereocenters. The van der Waals surface area contributed by atoms with Crippen molar-refractivity contribution in [2.45, 2.75) is 36.6 Å². The Kier molecular flexibility index (Phi) is 1.47. The number of hydrogen-bond acceptors (Lipinski definition) is 4. The number of nitrogens with one attached hydrogen (secondary N) is 1. The van der Waals surface area contributed by atoms with Gasteiger partial charge in [0.1, 0.15) is 0 Å². The van der Waals surface area contributed by atoms with Crippen molar-refractivity contribution < 1.29 is 15.3 Å². The molecule has 1 unspecified atom stereocenters. The largest absolute Gasteiger partial charge is 0.394 e. The number of fused-ring (bicyclic) bond motifs is 2. The van der Waals surface area contributed by atoms with Crippen LogP contribution in [0.15, 0.2) is 0 Å². The van der Waals surface area contributed by atoms with E-state index in [0.717, 1.165) is 0 Å². The molecule has 64 valence electrons. The molecule has 0 saturated carbocycles. The van der Waals surface area contributed by atoms with Crippen LogP contribution in [-0.2, 0) is 0 Å². The van der Waals surface area contributed by atoms with E-state index in [2.05, 4.69) is 5.32 Å². The number of aliphatic hydroxyl groups excluding tert-OH is 3. The van der Waals surface area contributed by atoms with Crippen molar-refractivity contribution in [1.29, 1.82) is 0 Å². The van der Waals surface area contributed by atoms with Gasteiger partial charge in [0.25, 0.3) is 0 Å². The van der Waals surface area contributed by atoms with Gasteiger partial charge in [0.15, 0.2) is 0 Å². The van der Waals surface area contributed by atoms with E-state index in [1.165, 1.54) is 0 Å². The third-order valence-corrected chi connectivity index (χ3v) is 2.91. The fourth-order valence-electron chi connectivity index (χ4n) is 2.17. The Labute approximate surface area is 64.8 Å². The summed E-state index contributed by atoms with van der Waals surface area (Å²) in [6, 6.07) is -0.0165. The van der Waals surface area contributed by atoms with Crippen LogP contribution in [0.2, 0.25) is 0 Å². The molecule has 0 aliphatic carbocycles. The molecule has 2 heterocycles. The molecule has 4 heteroatoms. The van der Waals surface area contributed by atoms with Crippen molar-refractivity contribution in [2.24, 2.45) is 0 Å². The van der Waals surface area contributed by atoms with Gasteiger partial charge in [0.05, 0.1) is 24.4 Å². The Balaban J connectivity index is 2.20. The van der Waals surface area contributed by atoms with Gasteiger partial charge >= 0.3 is 0 Å². The molecular formula is C7H13NO3. The highest BCUT2D eigenvalue weighted by molar-refractivity contribution is 5.13. The molecule has 2 saturated heterocycles. The minimum absolute atomic E-state index is 0.0165. The monoisotopic (exact) mass is 159 g/mol. The van der Waals surface area contributed by atoms with E-state index in [1.54, 1.807) is 0 Å². The van der Waals surface area contributed by atoms with Crippen molar-refractivity contribution in [3.63, 3.8) is 0 Å². The zero-order valence-corrected chi connectivity index (χ0v) is 6.20. The van der Waals surface area contributed by atoms with Gasteiger partial charge in [0.2, 0.25) is 0 Å². The zero-order valence-electron chi connectivity index (χ0n) is 6.20. The van der Waals surface area contributed by atoms with E-state index >= 15 is 0 Å². The molecule has 2 rings (SSSR count). The Morgan fingerprint density at radius 1 is 1.45 bits per heavy atom. The summed E-state index contributed by atoms with van der Waals surface area (Å²) in [6.07, 6.45) is 0.128. The highest BCUT2D eigenvalue weighted by Gasteiger charge is 2.55. The SMILES string of the molecule is OC[C@@]12C[C@H](O)C(C[C@@H]1O)N2. The molecule has 0 radical (unpaired) electrons. The summed E-state index contributed by atoms with van der Waals surface area (Å²) in [5, 5.41) is 30.8. The average molecular weight is 159 g/mol. The first-order valence-electron chi connectivity index (χ1n) is 3.93. The van der Waals surface area contributed by atoms with E-state index in [4.69, 9.17) is 5.11 Å². The summed E-state index contributed by atoms with van der Waals surface area (Å²) in [4.78, 5) is 0. The molecule has 2 aliphatic heterocycles. The van der Waals surface area contributed by atoms with E-state index < -0.39 is 17.7 Å². The molecule has 0 amide bonds. The van der Waals surface area contributed by atoms with E-state index in [-0.39, 0.29) is 12.6 Å². The molecular weight excluding hydrogens is 146 g/mol. The minimum Gasteiger partial charge on any atom is -0.394 e. The van der Waals surface area contributed by atoms with Gasteiger partial charge in [-0.2, -0.15) is 0 Å². The van der Waals surface area contributed by atoms with Crippen molar-refractivity contribution >= 4 is 0 Å². The van der Waals surface area contributed by atoms with Crippen molar-refractivity contribution in [2.75, 3.05) is 6.61 Å². The maximum atomic E-state index is 9.45. The Bertz CT molecular complexity index is 171. The lowest BCUT2D eigenvalue weighted by molar-refractivity contribution is 0.0164. The van der Waals surface area contributed by atoms with Crippen LogP contribution in [0.5, 0.6) is 0 Å². The lowest BCUT2D eigenvalue weighted by Crippen LogP contribution is -2.49. The predicted molar refractivity (Wildman–Crippen MR) is 38.0 cm³/mol. The summed E-state index contributed by atoms with van der Waals surface area (Å²) < 4.78 is 0. The normalized spacial score (nSPS) is 55.4. The summed E-state index contributed by atoms with van der Waals surface area (Å²) in [5.41, 5.74) is -0.607. The topological polar surface area (TPSA) is 72.7 Å². The van der Waals surface area contributed by atoms with Crippen LogP contribution in [0.4, 0.5) is 0 Å². The molecule has 2 fully saturated rings. The first kappa shape index (κ1) is 7.49.